The number of carbonyl (C=O) groups excluding carboxylic acids is 2. The first-order valence-electron chi connectivity index (χ1n) is 7.51. The Morgan fingerprint density at radius 1 is 1.17 bits per heavy atom. The second kappa shape index (κ2) is 5.18. The van der Waals surface area contributed by atoms with Crippen LogP contribution in [0.4, 0.5) is 0 Å². The Kier molecular flexibility index (Phi) is 3.25. The highest BCUT2D eigenvalue weighted by atomic mass is 35.5. The largest absolute Gasteiger partial charge is 0.391 e. The van der Waals surface area contributed by atoms with Crippen molar-refractivity contribution in [2.45, 2.75) is 12.5 Å². The number of hydrogen-bond donors (Lipinski definition) is 1. The smallest absolute Gasteiger partial charge is 0.254 e. The fraction of sp³-hybridized carbons (Fsp3) is 0.222. The standard InChI is InChI=1S/C18H14ClNO3/c19-10-4-5-12-13-2-1-3-14(16(13)17(22)15(12)8-10)18(23)20-7-6-11(21)9-20/h1-5,8,11,21H,6-7,9H2/t11-/m1/s1. The van der Waals surface area contributed by atoms with Crippen LogP contribution in [0.1, 0.15) is 32.7 Å². The van der Waals surface area contributed by atoms with Crippen LogP contribution >= 0.6 is 11.6 Å². The van der Waals surface area contributed by atoms with Gasteiger partial charge in [-0.2, -0.15) is 0 Å². The van der Waals surface area contributed by atoms with E-state index in [1.165, 1.54) is 0 Å². The lowest BCUT2D eigenvalue weighted by Gasteiger charge is -2.17. The van der Waals surface area contributed by atoms with E-state index < -0.39 is 6.10 Å². The Labute approximate surface area is 138 Å². The van der Waals surface area contributed by atoms with Gasteiger partial charge in [-0.15, -0.1) is 0 Å². The summed E-state index contributed by atoms with van der Waals surface area (Å²) in [5.41, 5.74) is 2.96. The zero-order valence-corrected chi connectivity index (χ0v) is 13.0. The summed E-state index contributed by atoms with van der Waals surface area (Å²) >= 11 is 6.00. The molecule has 1 fully saturated rings. The van der Waals surface area contributed by atoms with Gasteiger partial charge in [0.05, 0.1) is 11.7 Å². The molecule has 0 spiro atoms. The number of rotatable bonds is 1. The molecule has 0 bridgehead atoms. The lowest BCUT2D eigenvalue weighted by Crippen LogP contribution is -2.30. The number of aliphatic hydroxyl groups is 1. The quantitative estimate of drug-likeness (QED) is 0.747. The third kappa shape index (κ3) is 2.18. The molecule has 1 atom stereocenters. The molecule has 2 aromatic rings. The number of amides is 1. The number of fused-ring (bicyclic) bond motifs is 3. The summed E-state index contributed by atoms with van der Waals surface area (Å²) in [4.78, 5) is 27.1. The fourth-order valence-electron chi connectivity index (χ4n) is 3.37. The van der Waals surface area contributed by atoms with Crippen molar-refractivity contribution in [1.82, 2.24) is 4.90 Å². The number of β-amino-alcohol motifs (C(OH)–C–C–N with tert-alkyl or cyclic N) is 1. The van der Waals surface area contributed by atoms with Crippen LogP contribution in [-0.2, 0) is 0 Å². The van der Waals surface area contributed by atoms with Crippen molar-refractivity contribution in [2.24, 2.45) is 0 Å². The number of carbonyl (C=O) groups is 2. The molecule has 2 aliphatic rings. The van der Waals surface area contributed by atoms with Gasteiger partial charge in [0.15, 0.2) is 5.78 Å². The van der Waals surface area contributed by atoms with Gasteiger partial charge < -0.3 is 10.0 Å². The highest BCUT2D eigenvalue weighted by Gasteiger charge is 2.34. The van der Waals surface area contributed by atoms with Gasteiger partial charge in [0.2, 0.25) is 0 Å². The first-order chi connectivity index (χ1) is 11.1. The highest BCUT2D eigenvalue weighted by molar-refractivity contribution is 6.32. The summed E-state index contributed by atoms with van der Waals surface area (Å²) in [6.07, 6.45) is 0.0901. The molecule has 1 aliphatic heterocycles. The topological polar surface area (TPSA) is 57.6 Å². The normalized spacial score (nSPS) is 19.0. The van der Waals surface area contributed by atoms with Crippen molar-refractivity contribution >= 4 is 23.3 Å². The Morgan fingerprint density at radius 2 is 2.00 bits per heavy atom. The van der Waals surface area contributed by atoms with E-state index >= 15 is 0 Å². The van der Waals surface area contributed by atoms with Gasteiger partial charge >= 0.3 is 0 Å². The fourth-order valence-corrected chi connectivity index (χ4v) is 3.54. The van der Waals surface area contributed by atoms with Crippen LogP contribution in [-0.4, -0.2) is 40.9 Å². The molecular formula is C18H14ClNO3. The molecule has 1 N–H and O–H groups in total. The summed E-state index contributed by atoms with van der Waals surface area (Å²) in [6.45, 7) is 0.825. The third-order valence-electron chi connectivity index (χ3n) is 4.49. The van der Waals surface area contributed by atoms with Gasteiger partial charge in [0.25, 0.3) is 5.91 Å². The summed E-state index contributed by atoms with van der Waals surface area (Å²) < 4.78 is 0. The molecule has 116 valence electrons. The molecule has 2 aromatic carbocycles. The van der Waals surface area contributed by atoms with E-state index in [2.05, 4.69) is 0 Å². The number of halogens is 1. The number of aliphatic hydroxyl groups excluding tert-OH is 1. The molecule has 4 nitrogen and oxygen atoms in total. The van der Waals surface area contributed by atoms with Crippen LogP contribution in [0, 0.1) is 0 Å². The average molecular weight is 328 g/mol. The lowest BCUT2D eigenvalue weighted by molar-refractivity contribution is 0.0761. The first kappa shape index (κ1) is 14.4. The minimum absolute atomic E-state index is 0.166. The second-order valence-electron chi connectivity index (χ2n) is 5.94. The summed E-state index contributed by atoms with van der Waals surface area (Å²) in [5, 5.41) is 10.1. The monoisotopic (exact) mass is 327 g/mol. The number of ketones is 1. The molecule has 5 heteroatoms. The maximum absolute atomic E-state index is 12.8. The lowest BCUT2D eigenvalue weighted by atomic mass is 10.00. The maximum Gasteiger partial charge on any atom is 0.254 e. The predicted molar refractivity (Wildman–Crippen MR) is 86.8 cm³/mol. The van der Waals surface area contributed by atoms with Gasteiger partial charge in [-0.05, 0) is 35.7 Å². The highest BCUT2D eigenvalue weighted by Crippen LogP contribution is 2.39. The minimum atomic E-state index is -0.484. The van der Waals surface area contributed by atoms with Crippen molar-refractivity contribution < 1.29 is 14.7 Å². The van der Waals surface area contributed by atoms with E-state index in [1.54, 1.807) is 29.2 Å². The van der Waals surface area contributed by atoms with Crippen molar-refractivity contribution in [2.75, 3.05) is 13.1 Å². The number of hydrogen-bond acceptors (Lipinski definition) is 3. The van der Waals surface area contributed by atoms with E-state index in [0.717, 1.165) is 11.1 Å². The van der Waals surface area contributed by atoms with Crippen LogP contribution < -0.4 is 0 Å². The second-order valence-corrected chi connectivity index (χ2v) is 6.38. The summed E-state index contributed by atoms with van der Waals surface area (Å²) in [6, 6.07) is 10.5. The molecule has 1 saturated heterocycles. The molecular weight excluding hydrogens is 314 g/mol. The van der Waals surface area contributed by atoms with Crippen molar-refractivity contribution in [1.29, 1.82) is 0 Å². The van der Waals surface area contributed by atoms with E-state index in [4.69, 9.17) is 11.6 Å². The van der Waals surface area contributed by atoms with Crippen molar-refractivity contribution in [3.05, 3.63) is 58.1 Å². The molecule has 1 aliphatic carbocycles. The molecule has 4 rings (SSSR count). The number of likely N-dealkylation sites (tertiary alicyclic amines) is 1. The molecule has 0 radical (unpaired) electrons. The average Bonchev–Trinajstić information content (AvgIpc) is 3.09. The van der Waals surface area contributed by atoms with Crippen LogP contribution in [0.5, 0.6) is 0 Å². The number of nitrogens with zero attached hydrogens (tertiary/aromatic N) is 1. The zero-order chi connectivity index (χ0) is 16.1. The Morgan fingerprint density at radius 3 is 2.74 bits per heavy atom. The maximum atomic E-state index is 12.8. The van der Waals surface area contributed by atoms with Crippen LogP contribution in [0.3, 0.4) is 0 Å². The van der Waals surface area contributed by atoms with Crippen molar-refractivity contribution in [3.8, 4) is 11.1 Å². The van der Waals surface area contributed by atoms with Crippen LogP contribution in [0.25, 0.3) is 11.1 Å². The third-order valence-corrected chi connectivity index (χ3v) is 4.72. The Hall–Kier alpha value is -2.17. The van der Waals surface area contributed by atoms with Gasteiger partial charge in [0.1, 0.15) is 0 Å². The van der Waals surface area contributed by atoms with Gasteiger partial charge in [-0.3, -0.25) is 9.59 Å². The van der Waals surface area contributed by atoms with Gasteiger partial charge in [0, 0.05) is 29.2 Å². The summed E-state index contributed by atoms with van der Waals surface area (Å²) in [5.74, 6) is -0.369. The van der Waals surface area contributed by atoms with E-state index in [9.17, 15) is 14.7 Å². The summed E-state index contributed by atoms with van der Waals surface area (Å²) in [7, 11) is 0. The van der Waals surface area contributed by atoms with Gasteiger partial charge in [-0.1, -0.05) is 29.8 Å². The van der Waals surface area contributed by atoms with Gasteiger partial charge in [-0.25, -0.2) is 0 Å². The van der Waals surface area contributed by atoms with E-state index in [-0.39, 0.29) is 11.7 Å². The Bertz CT molecular complexity index is 846. The molecule has 1 amide bonds. The SMILES string of the molecule is O=C1c2cc(Cl)ccc2-c2cccc(C(=O)N3CC[C@@H](O)C3)c21. The van der Waals surface area contributed by atoms with Crippen LogP contribution in [0.15, 0.2) is 36.4 Å². The van der Waals surface area contributed by atoms with E-state index in [1.807, 2.05) is 12.1 Å². The first-order valence-corrected chi connectivity index (χ1v) is 7.89. The minimum Gasteiger partial charge on any atom is -0.391 e. The molecule has 0 aromatic heterocycles. The van der Waals surface area contributed by atoms with Crippen LogP contribution in [0.2, 0.25) is 5.02 Å². The number of benzene rings is 2. The van der Waals surface area contributed by atoms with Crippen molar-refractivity contribution in [3.63, 3.8) is 0 Å². The molecule has 23 heavy (non-hydrogen) atoms. The molecule has 1 heterocycles. The molecule has 0 unspecified atom stereocenters. The predicted octanol–water partition coefficient (Wildman–Crippen LogP) is 2.76. The zero-order valence-electron chi connectivity index (χ0n) is 12.3. The van der Waals surface area contributed by atoms with E-state index in [0.29, 0.717) is 41.2 Å². The molecule has 0 saturated carbocycles. The Balaban J connectivity index is 1.82.